The van der Waals surface area contributed by atoms with Crippen LogP contribution in [-0.4, -0.2) is 17.0 Å². The van der Waals surface area contributed by atoms with Gasteiger partial charge in [0.1, 0.15) is 0 Å². The fourth-order valence-corrected chi connectivity index (χ4v) is 3.04. The first-order chi connectivity index (χ1) is 9.02. The van der Waals surface area contributed by atoms with E-state index in [1.165, 1.54) is 10.6 Å². The molecule has 2 N–H and O–H groups in total. The maximum Gasteiger partial charge on any atom is 0.0798 e. The third-order valence-corrected chi connectivity index (χ3v) is 4.20. The molecule has 2 aromatic rings. The van der Waals surface area contributed by atoms with E-state index >= 15 is 0 Å². The minimum Gasteiger partial charge on any atom is -0.369 e. The Bertz CT molecular complexity index is 577. The molecule has 0 aliphatic heterocycles. The van der Waals surface area contributed by atoms with Gasteiger partial charge in [-0.15, -0.1) is 11.3 Å². The SMILES string of the molecule is Cc1cc(N(C)Cc2scnc2C)c(CN)c(C)n1. The predicted octanol–water partition coefficient (Wildman–Crippen LogP) is 2.56. The Morgan fingerprint density at radius 1 is 1.26 bits per heavy atom. The highest BCUT2D eigenvalue weighted by Crippen LogP contribution is 2.25. The molecule has 2 rings (SSSR count). The second-order valence-corrected chi connectivity index (χ2v) is 5.71. The first-order valence-corrected chi connectivity index (χ1v) is 7.18. The van der Waals surface area contributed by atoms with Gasteiger partial charge in [-0.2, -0.15) is 0 Å². The van der Waals surface area contributed by atoms with Crippen LogP contribution >= 0.6 is 11.3 Å². The molecule has 0 aliphatic carbocycles. The standard InChI is InChI=1S/C14H20N4S/c1-9-5-13(12(6-15)10(2)17-9)18(4)7-14-11(3)16-8-19-14/h5,8H,6-7,15H2,1-4H3. The Morgan fingerprint density at radius 2 is 2.00 bits per heavy atom. The number of nitrogens with two attached hydrogens (primary N) is 1. The molecule has 102 valence electrons. The van der Waals surface area contributed by atoms with E-state index in [2.05, 4.69) is 28.0 Å². The van der Waals surface area contributed by atoms with Crippen molar-refractivity contribution in [3.63, 3.8) is 0 Å². The minimum atomic E-state index is 0.514. The summed E-state index contributed by atoms with van der Waals surface area (Å²) in [5, 5.41) is 0. The Balaban J connectivity index is 2.33. The first kappa shape index (κ1) is 14.0. The lowest BCUT2D eigenvalue weighted by Gasteiger charge is -2.23. The second-order valence-electron chi connectivity index (χ2n) is 4.77. The zero-order valence-corrected chi connectivity index (χ0v) is 12.7. The van der Waals surface area contributed by atoms with E-state index in [0.29, 0.717) is 6.54 Å². The number of rotatable bonds is 4. The highest BCUT2D eigenvalue weighted by molar-refractivity contribution is 7.09. The molecule has 19 heavy (non-hydrogen) atoms. The van der Waals surface area contributed by atoms with E-state index in [0.717, 1.165) is 29.2 Å². The van der Waals surface area contributed by atoms with Crippen LogP contribution in [0.2, 0.25) is 0 Å². The summed E-state index contributed by atoms with van der Waals surface area (Å²) in [4.78, 5) is 12.3. The zero-order chi connectivity index (χ0) is 14.0. The van der Waals surface area contributed by atoms with Crippen molar-refractivity contribution in [3.8, 4) is 0 Å². The van der Waals surface area contributed by atoms with Gasteiger partial charge in [-0.1, -0.05) is 0 Å². The van der Waals surface area contributed by atoms with Crippen LogP contribution in [0.5, 0.6) is 0 Å². The van der Waals surface area contributed by atoms with Gasteiger partial charge in [0.25, 0.3) is 0 Å². The minimum absolute atomic E-state index is 0.514. The van der Waals surface area contributed by atoms with Crippen molar-refractivity contribution in [1.82, 2.24) is 9.97 Å². The molecule has 0 saturated heterocycles. The number of thiazole rings is 1. The van der Waals surface area contributed by atoms with Crippen molar-refractivity contribution >= 4 is 17.0 Å². The van der Waals surface area contributed by atoms with Crippen molar-refractivity contribution in [2.24, 2.45) is 5.73 Å². The molecule has 2 aromatic heterocycles. The van der Waals surface area contributed by atoms with E-state index in [4.69, 9.17) is 5.73 Å². The molecule has 4 nitrogen and oxygen atoms in total. The zero-order valence-electron chi connectivity index (χ0n) is 11.9. The molecule has 0 saturated carbocycles. The maximum atomic E-state index is 5.87. The van der Waals surface area contributed by atoms with E-state index in [1.54, 1.807) is 11.3 Å². The highest BCUT2D eigenvalue weighted by Gasteiger charge is 2.13. The van der Waals surface area contributed by atoms with Gasteiger partial charge in [0.05, 0.1) is 17.7 Å². The average Bonchev–Trinajstić information content (AvgIpc) is 2.74. The van der Waals surface area contributed by atoms with Gasteiger partial charge in [-0.3, -0.25) is 4.98 Å². The van der Waals surface area contributed by atoms with E-state index in [1.807, 2.05) is 26.3 Å². The van der Waals surface area contributed by atoms with Crippen LogP contribution in [0.25, 0.3) is 0 Å². The fraction of sp³-hybridized carbons (Fsp3) is 0.429. The molecular weight excluding hydrogens is 256 g/mol. The van der Waals surface area contributed by atoms with E-state index < -0.39 is 0 Å². The quantitative estimate of drug-likeness (QED) is 0.932. The Kier molecular flexibility index (Phi) is 4.17. The second kappa shape index (κ2) is 5.67. The highest BCUT2D eigenvalue weighted by atomic mass is 32.1. The molecule has 0 bridgehead atoms. The van der Waals surface area contributed by atoms with Crippen LogP contribution in [-0.2, 0) is 13.1 Å². The van der Waals surface area contributed by atoms with Crippen LogP contribution in [0.3, 0.4) is 0 Å². The summed E-state index contributed by atoms with van der Waals surface area (Å²) in [6.07, 6.45) is 0. The summed E-state index contributed by atoms with van der Waals surface area (Å²) in [5.74, 6) is 0. The van der Waals surface area contributed by atoms with Crippen molar-refractivity contribution in [3.05, 3.63) is 39.1 Å². The number of aromatic nitrogens is 2. The van der Waals surface area contributed by atoms with Crippen molar-refractivity contribution in [2.75, 3.05) is 11.9 Å². The summed E-state index contributed by atoms with van der Waals surface area (Å²) in [6, 6.07) is 2.10. The van der Waals surface area contributed by atoms with Gasteiger partial charge >= 0.3 is 0 Å². The molecule has 0 aliphatic rings. The summed E-state index contributed by atoms with van der Waals surface area (Å²) in [6.45, 7) is 7.45. The van der Waals surface area contributed by atoms with Crippen LogP contribution < -0.4 is 10.6 Å². The van der Waals surface area contributed by atoms with Crippen molar-refractivity contribution in [2.45, 2.75) is 33.9 Å². The molecule has 0 radical (unpaired) electrons. The molecule has 0 unspecified atom stereocenters. The van der Waals surface area contributed by atoms with Gasteiger partial charge in [0.2, 0.25) is 0 Å². The molecule has 0 fully saturated rings. The lowest BCUT2D eigenvalue weighted by Crippen LogP contribution is -2.20. The molecule has 0 aromatic carbocycles. The maximum absolute atomic E-state index is 5.87. The molecular formula is C14H20N4S. The third kappa shape index (κ3) is 2.93. The molecule has 5 heteroatoms. The molecule has 0 atom stereocenters. The van der Waals surface area contributed by atoms with Crippen molar-refractivity contribution in [1.29, 1.82) is 0 Å². The van der Waals surface area contributed by atoms with Crippen molar-refractivity contribution < 1.29 is 0 Å². The summed E-state index contributed by atoms with van der Waals surface area (Å²) in [7, 11) is 2.09. The number of pyridine rings is 1. The fourth-order valence-electron chi connectivity index (χ4n) is 2.21. The van der Waals surface area contributed by atoms with Crippen LogP contribution in [0, 0.1) is 20.8 Å². The van der Waals surface area contributed by atoms with Crippen LogP contribution in [0.1, 0.15) is 27.5 Å². The number of anilines is 1. The average molecular weight is 276 g/mol. The smallest absolute Gasteiger partial charge is 0.0798 e. The Morgan fingerprint density at radius 3 is 2.58 bits per heavy atom. The summed E-state index contributed by atoms with van der Waals surface area (Å²) in [5.41, 5.74) is 13.2. The van der Waals surface area contributed by atoms with Gasteiger partial charge < -0.3 is 10.6 Å². The molecule has 0 amide bonds. The van der Waals surface area contributed by atoms with Crippen LogP contribution in [0.15, 0.2) is 11.6 Å². The first-order valence-electron chi connectivity index (χ1n) is 6.30. The predicted molar refractivity (Wildman–Crippen MR) is 80.6 cm³/mol. The largest absolute Gasteiger partial charge is 0.369 e. The van der Waals surface area contributed by atoms with E-state index in [-0.39, 0.29) is 0 Å². The van der Waals surface area contributed by atoms with Gasteiger partial charge in [0.15, 0.2) is 0 Å². The number of nitrogens with zero attached hydrogens (tertiary/aromatic N) is 3. The Hall–Kier alpha value is -1.46. The van der Waals surface area contributed by atoms with E-state index in [9.17, 15) is 0 Å². The summed E-state index contributed by atoms with van der Waals surface area (Å²) < 4.78 is 0. The lowest BCUT2D eigenvalue weighted by molar-refractivity contribution is 0.888. The van der Waals surface area contributed by atoms with Gasteiger partial charge in [-0.05, 0) is 26.8 Å². The van der Waals surface area contributed by atoms with Crippen LogP contribution in [0.4, 0.5) is 5.69 Å². The normalized spacial score (nSPS) is 10.8. The number of hydrogen-bond donors (Lipinski definition) is 1. The monoisotopic (exact) mass is 276 g/mol. The third-order valence-electron chi connectivity index (χ3n) is 3.28. The lowest BCUT2D eigenvalue weighted by atomic mass is 10.1. The number of aryl methyl sites for hydroxylation is 3. The topological polar surface area (TPSA) is 55.0 Å². The van der Waals surface area contributed by atoms with Gasteiger partial charge in [0, 0.05) is 41.1 Å². The number of hydrogen-bond acceptors (Lipinski definition) is 5. The molecule has 2 heterocycles. The summed E-state index contributed by atoms with van der Waals surface area (Å²) >= 11 is 1.69. The van der Waals surface area contributed by atoms with Gasteiger partial charge in [-0.25, -0.2) is 4.98 Å². The molecule has 0 spiro atoms. The Labute approximate surface area is 118 Å².